The molecule has 1 fully saturated rings. The van der Waals surface area contributed by atoms with Gasteiger partial charge >= 0.3 is 0 Å². The van der Waals surface area contributed by atoms with Gasteiger partial charge in [0, 0.05) is 40.4 Å². The minimum absolute atomic E-state index is 0.305. The fraction of sp³-hybridized carbons (Fsp3) is 0.333. The Morgan fingerprint density at radius 1 is 0.921 bits per heavy atom. The first kappa shape index (κ1) is 25.3. The van der Waals surface area contributed by atoms with Gasteiger partial charge in [-0.1, -0.05) is 83.7 Å². The summed E-state index contributed by atoms with van der Waals surface area (Å²) in [5, 5.41) is 3.44. The van der Waals surface area contributed by atoms with Crippen LogP contribution in [-0.4, -0.2) is 34.5 Å². The predicted molar refractivity (Wildman–Crippen MR) is 160 cm³/mol. The number of hydrogen-bond acceptors (Lipinski definition) is 4. The lowest BCUT2D eigenvalue weighted by Crippen LogP contribution is -2.34. The Bertz CT molecular complexity index is 1380. The molecular formula is C33H35BrN4. The summed E-state index contributed by atoms with van der Waals surface area (Å²) < 4.78 is 1.10. The molecule has 3 aromatic carbocycles. The Hall–Kier alpha value is -3.02. The van der Waals surface area contributed by atoms with E-state index in [-0.39, 0.29) is 0 Å². The minimum Gasteiger partial charge on any atom is -0.324 e. The maximum absolute atomic E-state index is 4.99. The van der Waals surface area contributed by atoms with Crippen LogP contribution in [0.1, 0.15) is 60.3 Å². The molecule has 1 saturated carbocycles. The highest BCUT2D eigenvalue weighted by molar-refractivity contribution is 9.10. The van der Waals surface area contributed by atoms with E-state index in [1.165, 1.54) is 59.9 Å². The standard InChI is InChI=1S/C33H35BrN4/c1-38(28-7-3-2-4-8-28)20-19-23-11-17-27(18-12-23)36-33-35-22-25-21-31(24-13-15-26(34)16-14-24)29-9-5-6-10-30(29)32(25)37-33/h5-6,9-18,22,28,31H,2-4,7-8,19-21H2,1H3,(H,35,36,37)/t31-/m0/s1. The van der Waals surface area contributed by atoms with Crippen LogP contribution in [-0.2, 0) is 12.8 Å². The van der Waals surface area contributed by atoms with Crippen LogP contribution < -0.4 is 5.32 Å². The van der Waals surface area contributed by atoms with Gasteiger partial charge in [0.2, 0.25) is 5.95 Å². The molecular weight excluding hydrogens is 532 g/mol. The monoisotopic (exact) mass is 566 g/mol. The number of hydrogen-bond donors (Lipinski definition) is 1. The van der Waals surface area contributed by atoms with Gasteiger partial charge in [-0.15, -0.1) is 0 Å². The number of nitrogens with zero attached hydrogens (tertiary/aromatic N) is 3. The SMILES string of the molecule is CN(CCc1ccc(Nc2ncc3c(n2)-c2ccccc2[C@H](c2ccc(Br)cc2)C3)cc1)C1CCCCC1. The molecule has 1 N–H and O–H groups in total. The molecule has 4 aromatic rings. The van der Waals surface area contributed by atoms with Crippen molar-refractivity contribution in [2.45, 2.75) is 56.9 Å². The molecule has 194 valence electrons. The number of nitrogens with one attached hydrogen (secondary N) is 1. The average molecular weight is 568 g/mol. The number of benzene rings is 3. The van der Waals surface area contributed by atoms with Gasteiger partial charge in [-0.3, -0.25) is 0 Å². The zero-order chi connectivity index (χ0) is 25.9. The van der Waals surface area contributed by atoms with Crippen molar-refractivity contribution in [3.8, 4) is 11.3 Å². The lowest BCUT2D eigenvalue weighted by atomic mass is 9.78. The summed E-state index contributed by atoms with van der Waals surface area (Å²) in [6.07, 6.45) is 10.9. The van der Waals surface area contributed by atoms with Crippen LogP contribution in [0.5, 0.6) is 0 Å². The Morgan fingerprint density at radius 3 is 2.47 bits per heavy atom. The van der Waals surface area contributed by atoms with Gasteiger partial charge < -0.3 is 10.2 Å². The summed E-state index contributed by atoms with van der Waals surface area (Å²) in [6.45, 7) is 1.12. The third kappa shape index (κ3) is 5.55. The van der Waals surface area contributed by atoms with Crippen molar-refractivity contribution in [3.63, 3.8) is 0 Å². The summed E-state index contributed by atoms with van der Waals surface area (Å²) in [5.74, 6) is 0.948. The van der Waals surface area contributed by atoms with E-state index < -0.39 is 0 Å². The van der Waals surface area contributed by atoms with E-state index in [0.29, 0.717) is 11.9 Å². The maximum atomic E-state index is 4.99. The molecule has 0 radical (unpaired) electrons. The molecule has 4 nitrogen and oxygen atoms in total. The van der Waals surface area contributed by atoms with Crippen molar-refractivity contribution in [3.05, 3.63) is 106 Å². The third-order valence-corrected chi connectivity index (χ3v) is 8.84. The molecule has 1 atom stereocenters. The van der Waals surface area contributed by atoms with Gasteiger partial charge in [0.15, 0.2) is 0 Å². The first-order valence-electron chi connectivity index (χ1n) is 13.9. The topological polar surface area (TPSA) is 41.0 Å². The Kier molecular flexibility index (Phi) is 7.57. The summed E-state index contributed by atoms with van der Waals surface area (Å²) in [7, 11) is 2.29. The largest absolute Gasteiger partial charge is 0.324 e. The van der Waals surface area contributed by atoms with Gasteiger partial charge in [-0.05, 0) is 79.3 Å². The van der Waals surface area contributed by atoms with Gasteiger partial charge in [-0.25, -0.2) is 9.97 Å². The van der Waals surface area contributed by atoms with E-state index in [4.69, 9.17) is 9.97 Å². The molecule has 38 heavy (non-hydrogen) atoms. The Balaban J connectivity index is 1.15. The third-order valence-electron chi connectivity index (χ3n) is 8.31. The lowest BCUT2D eigenvalue weighted by Gasteiger charge is -2.31. The van der Waals surface area contributed by atoms with E-state index in [0.717, 1.165) is 41.3 Å². The van der Waals surface area contributed by atoms with E-state index >= 15 is 0 Å². The van der Waals surface area contributed by atoms with Crippen LogP contribution >= 0.6 is 15.9 Å². The van der Waals surface area contributed by atoms with Gasteiger partial charge in [-0.2, -0.15) is 0 Å². The highest BCUT2D eigenvalue weighted by atomic mass is 79.9. The quantitative estimate of drug-likeness (QED) is 0.245. The molecule has 0 bridgehead atoms. The lowest BCUT2D eigenvalue weighted by molar-refractivity contribution is 0.194. The molecule has 0 saturated heterocycles. The number of fused-ring (bicyclic) bond motifs is 3. The number of anilines is 2. The van der Waals surface area contributed by atoms with E-state index in [1.807, 2.05) is 6.20 Å². The fourth-order valence-electron chi connectivity index (χ4n) is 6.08. The first-order valence-corrected chi connectivity index (χ1v) is 14.7. The normalized spacial score (nSPS) is 17.2. The molecule has 0 aliphatic heterocycles. The number of likely N-dealkylation sites (N-methyl/N-ethyl adjacent to an activating group) is 1. The zero-order valence-corrected chi connectivity index (χ0v) is 23.6. The molecule has 1 heterocycles. The number of halogens is 1. The smallest absolute Gasteiger partial charge is 0.227 e. The summed E-state index contributed by atoms with van der Waals surface area (Å²) in [5.41, 5.74) is 8.47. The second kappa shape index (κ2) is 11.4. The van der Waals surface area contributed by atoms with Crippen LogP contribution in [0.25, 0.3) is 11.3 Å². The molecule has 2 aliphatic carbocycles. The van der Waals surface area contributed by atoms with Crippen molar-refractivity contribution >= 4 is 27.6 Å². The summed E-state index contributed by atoms with van der Waals surface area (Å²) in [6, 6.07) is 26.9. The van der Waals surface area contributed by atoms with Crippen molar-refractivity contribution in [1.29, 1.82) is 0 Å². The molecule has 0 amide bonds. The van der Waals surface area contributed by atoms with Crippen LogP contribution in [0.15, 0.2) is 83.5 Å². The molecule has 0 spiro atoms. The van der Waals surface area contributed by atoms with Crippen molar-refractivity contribution < 1.29 is 0 Å². The molecule has 2 aliphatic rings. The van der Waals surface area contributed by atoms with E-state index in [9.17, 15) is 0 Å². The molecule has 0 unspecified atom stereocenters. The van der Waals surface area contributed by atoms with E-state index in [2.05, 4.69) is 106 Å². The van der Waals surface area contributed by atoms with Gasteiger partial charge in [0.1, 0.15) is 0 Å². The molecule has 6 rings (SSSR count). The van der Waals surface area contributed by atoms with Gasteiger partial charge in [0.05, 0.1) is 5.69 Å². The van der Waals surface area contributed by atoms with Crippen molar-refractivity contribution in [2.75, 3.05) is 18.9 Å². The van der Waals surface area contributed by atoms with Crippen LogP contribution in [0.4, 0.5) is 11.6 Å². The minimum atomic E-state index is 0.305. The summed E-state index contributed by atoms with van der Waals surface area (Å²) >= 11 is 3.57. The number of aromatic nitrogens is 2. The van der Waals surface area contributed by atoms with Crippen LogP contribution in [0, 0.1) is 0 Å². The van der Waals surface area contributed by atoms with Gasteiger partial charge in [0.25, 0.3) is 0 Å². The predicted octanol–water partition coefficient (Wildman–Crippen LogP) is 8.14. The zero-order valence-electron chi connectivity index (χ0n) is 22.0. The highest BCUT2D eigenvalue weighted by Gasteiger charge is 2.27. The first-order chi connectivity index (χ1) is 18.6. The van der Waals surface area contributed by atoms with Crippen molar-refractivity contribution in [1.82, 2.24) is 14.9 Å². The molecule has 1 aromatic heterocycles. The Labute approximate surface area is 234 Å². The second-order valence-electron chi connectivity index (χ2n) is 10.8. The fourth-order valence-corrected chi connectivity index (χ4v) is 6.35. The number of rotatable bonds is 7. The van der Waals surface area contributed by atoms with Crippen molar-refractivity contribution in [2.24, 2.45) is 0 Å². The summed E-state index contributed by atoms with van der Waals surface area (Å²) in [4.78, 5) is 12.3. The molecule has 5 heteroatoms. The van der Waals surface area contributed by atoms with E-state index in [1.54, 1.807) is 0 Å². The van der Waals surface area contributed by atoms with Crippen LogP contribution in [0.2, 0.25) is 0 Å². The highest BCUT2D eigenvalue weighted by Crippen LogP contribution is 2.42. The average Bonchev–Trinajstić information content (AvgIpc) is 2.97. The Morgan fingerprint density at radius 2 is 1.68 bits per heavy atom. The van der Waals surface area contributed by atoms with Crippen LogP contribution in [0.3, 0.4) is 0 Å². The maximum Gasteiger partial charge on any atom is 0.227 e. The second-order valence-corrected chi connectivity index (χ2v) is 11.7.